The van der Waals surface area contributed by atoms with Crippen LogP contribution < -0.4 is 20.6 Å². The first-order valence-corrected chi connectivity index (χ1v) is 7.94. The first-order chi connectivity index (χ1) is 12.6. The second-order valence-corrected chi connectivity index (χ2v) is 5.66. The Morgan fingerprint density at radius 1 is 0.962 bits per heavy atom. The van der Waals surface area contributed by atoms with Crippen molar-refractivity contribution in [1.82, 2.24) is 0 Å². The summed E-state index contributed by atoms with van der Waals surface area (Å²) in [6.45, 7) is 0. The molecule has 132 valence electrons. The van der Waals surface area contributed by atoms with Gasteiger partial charge in [0.15, 0.2) is 0 Å². The number of anilines is 1. The summed E-state index contributed by atoms with van der Waals surface area (Å²) in [5.41, 5.74) is 2.06. The molecule has 0 spiro atoms. The highest BCUT2D eigenvalue weighted by atomic mass is 16.5. The van der Waals surface area contributed by atoms with Crippen molar-refractivity contribution < 1.29 is 14.3 Å². The fraction of sp³-hybridized carbons (Fsp3) is 0.100. The average Bonchev–Trinajstić information content (AvgIpc) is 2.67. The van der Waals surface area contributed by atoms with E-state index in [9.17, 15) is 4.79 Å². The van der Waals surface area contributed by atoms with Gasteiger partial charge in [0.2, 0.25) is 0 Å². The summed E-state index contributed by atoms with van der Waals surface area (Å²) < 4.78 is 10.4. The van der Waals surface area contributed by atoms with E-state index in [0.717, 1.165) is 16.3 Å². The lowest BCUT2D eigenvalue weighted by atomic mass is 10.0. The van der Waals surface area contributed by atoms with Crippen LogP contribution in [0, 0.1) is 0 Å². The minimum absolute atomic E-state index is 0.213. The van der Waals surface area contributed by atoms with Gasteiger partial charge >= 0.3 is 0 Å². The predicted molar refractivity (Wildman–Crippen MR) is 103 cm³/mol. The van der Waals surface area contributed by atoms with Crippen molar-refractivity contribution in [2.75, 3.05) is 19.5 Å². The molecular formula is C20H19N3O3. The summed E-state index contributed by atoms with van der Waals surface area (Å²) >= 11 is 0. The number of nitrogens with one attached hydrogen (secondary N) is 1. The molecule has 0 saturated heterocycles. The van der Waals surface area contributed by atoms with E-state index in [2.05, 4.69) is 10.4 Å². The molecule has 0 aliphatic rings. The number of ether oxygens (including phenoxy) is 2. The van der Waals surface area contributed by atoms with Gasteiger partial charge in [0.1, 0.15) is 11.5 Å². The van der Waals surface area contributed by atoms with E-state index in [1.807, 2.05) is 30.3 Å². The number of hydrazone groups is 1. The Morgan fingerprint density at radius 2 is 1.62 bits per heavy atom. The van der Waals surface area contributed by atoms with E-state index in [1.165, 1.54) is 0 Å². The number of hydrogen-bond acceptors (Lipinski definition) is 5. The maximum absolute atomic E-state index is 12.6. The van der Waals surface area contributed by atoms with Crippen LogP contribution in [0.25, 0.3) is 10.8 Å². The third-order valence-corrected chi connectivity index (χ3v) is 3.96. The molecule has 0 aromatic heterocycles. The molecule has 0 radical (unpaired) electrons. The summed E-state index contributed by atoms with van der Waals surface area (Å²) in [6, 6.07) is 16.5. The zero-order chi connectivity index (χ0) is 18.5. The van der Waals surface area contributed by atoms with Crippen LogP contribution in [0.3, 0.4) is 0 Å². The molecule has 0 bridgehead atoms. The van der Waals surface area contributed by atoms with Gasteiger partial charge in [-0.05, 0) is 34.5 Å². The number of rotatable bonds is 5. The summed E-state index contributed by atoms with van der Waals surface area (Å²) in [6.07, 6.45) is 1.58. The third kappa shape index (κ3) is 3.75. The van der Waals surface area contributed by atoms with Crippen molar-refractivity contribution in [3.05, 3.63) is 65.7 Å². The zero-order valence-electron chi connectivity index (χ0n) is 14.5. The summed E-state index contributed by atoms with van der Waals surface area (Å²) in [5.74, 6) is 6.18. The Labute approximate surface area is 151 Å². The largest absolute Gasteiger partial charge is 0.497 e. The van der Waals surface area contributed by atoms with Crippen LogP contribution in [0.2, 0.25) is 0 Å². The minimum Gasteiger partial charge on any atom is -0.497 e. The van der Waals surface area contributed by atoms with E-state index in [1.54, 1.807) is 44.7 Å². The standard InChI is InChI=1S/C20H19N3O3/c1-25-18-9-17(10-19(11-18)26-2)23-20(24)16-6-5-14-7-13(12-22-21)3-4-15(14)8-16/h3-12H,21H2,1-2H3,(H,23,24). The normalized spacial score (nSPS) is 10.8. The van der Waals surface area contributed by atoms with Crippen LogP contribution in [0.5, 0.6) is 11.5 Å². The number of nitrogens with two attached hydrogens (primary N) is 1. The third-order valence-electron chi connectivity index (χ3n) is 3.96. The fourth-order valence-corrected chi connectivity index (χ4v) is 2.65. The second-order valence-electron chi connectivity index (χ2n) is 5.66. The Morgan fingerprint density at radius 3 is 2.27 bits per heavy atom. The van der Waals surface area contributed by atoms with E-state index >= 15 is 0 Å². The van der Waals surface area contributed by atoms with Crippen LogP contribution in [0.4, 0.5) is 5.69 Å². The van der Waals surface area contributed by atoms with Gasteiger partial charge in [0, 0.05) is 29.4 Å². The maximum Gasteiger partial charge on any atom is 0.255 e. The van der Waals surface area contributed by atoms with Crippen LogP contribution in [-0.2, 0) is 0 Å². The predicted octanol–water partition coefficient (Wildman–Crippen LogP) is 3.40. The number of nitrogens with zero attached hydrogens (tertiary/aromatic N) is 1. The highest BCUT2D eigenvalue weighted by Gasteiger charge is 2.09. The molecule has 26 heavy (non-hydrogen) atoms. The van der Waals surface area contributed by atoms with Crippen molar-refractivity contribution in [3.8, 4) is 11.5 Å². The second kappa shape index (κ2) is 7.57. The molecule has 0 fully saturated rings. The van der Waals surface area contributed by atoms with Crippen molar-refractivity contribution >= 4 is 28.6 Å². The van der Waals surface area contributed by atoms with Crippen molar-refractivity contribution in [2.24, 2.45) is 10.9 Å². The van der Waals surface area contributed by atoms with Gasteiger partial charge in [-0.2, -0.15) is 5.10 Å². The molecule has 6 heteroatoms. The lowest BCUT2D eigenvalue weighted by Crippen LogP contribution is -2.12. The molecule has 3 rings (SSSR count). The Bertz CT molecular complexity index is 961. The number of benzene rings is 3. The zero-order valence-corrected chi connectivity index (χ0v) is 14.5. The van der Waals surface area contributed by atoms with Crippen LogP contribution in [-0.4, -0.2) is 26.3 Å². The Kier molecular flexibility index (Phi) is 5.03. The van der Waals surface area contributed by atoms with Gasteiger partial charge in [-0.3, -0.25) is 4.79 Å². The molecule has 0 aliphatic carbocycles. The molecule has 0 atom stereocenters. The SMILES string of the molecule is COc1cc(NC(=O)c2ccc3cc(C=NN)ccc3c2)cc(OC)c1. The van der Waals surface area contributed by atoms with E-state index < -0.39 is 0 Å². The quantitative estimate of drug-likeness (QED) is 0.420. The van der Waals surface area contributed by atoms with Crippen LogP contribution >= 0.6 is 0 Å². The topological polar surface area (TPSA) is 85.9 Å². The molecule has 3 aromatic rings. The molecule has 1 amide bonds. The molecule has 6 nitrogen and oxygen atoms in total. The number of methoxy groups -OCH3 is 2. The Hall–Kier alpha value is -3.54. The molecule has 3 aromatic carbocycles. The molecule has 0 heterocycles. The minimum atomic E-state index is -0.213. The van der Waals surface area contributed by atoms with Crippen LogP contribution in [0.1, 0.15) is 15.9 Å². The summed E-state index contributed by atoms with van der Waals surface area (Å²) in [5, 5.41) is 8.35. The van der Waals surface area contributed by atoms with Gasteiger partial charge in [-0.25, -0.2) is 0 Å². The van der Waals surface area contributed by atoms with E-state index in [-0.39, 0.29) is 5.91 Å². The Balaban J connectivity index is 1.87. The van der Waals surface area contributed by atoms with Crippen molar-refractivity contribution in [2.45, 2.75) is 0 Å². The van der Waals surface area contributed by atoms with Crippen molar-refractivity contribution in [1.29, 1.82) is 0 Å². The first-order valence-electron chi connectivity index (χ1n) is 7.94. The van der Waals surface area contributed by atoms with Gasteiger partial charge in [-0.15, -0.1) is 0 Å². The number of hydrogen-bond donors (Lipinski definition) is 2. The molecule has 3 N–H and O–H groups in total. The number of carbonyl (C=O) groups is 1. The summed E-state index contributed by atoms with van der Waals surface area (Å²) in [7, 11) is 3.13. The molecule has 0 unspecified atom stereocenters. The highest BCUT2D eigenvalue weighted by molar-refractivity contribution is 6.07. The molecule has 0 saturated carbocycles. The average molecular weight is 349 g/mol. The van der Waals surface area contributed by atoms with Gasteiger partial charge in [-0.1, -0.05) is 18.2 Å². The first kappa shape index (κ1) is 17.3. The van der Waals surface area contributed by atoms with Gasteiger partial charge in [0.05, 0.1) is 20.4 Å². The van der Waals surface area contributed by atoms with E-state index in [4.69, 9.17) is 15.3 Å². The lowest BCUT2D eigenvalue weighted by molar-refractivity contribution is 0.102. The van der Waals surface area contributed by atoms with E-state index in [0.29, 0.717) is 22.7 Å². The van der Waals surface area contributed by atoms with Gasteiger partial charge < -0.3 is 20.6 Å². The summed E-state index contributed by atoms with van der Waals surface area (Å²) in [4.78, 5) is 12.6. The molecular weight excluding hydrogens is 330 g/mol. The fourth-order valence-electron chi connectivity index (χ4n) is 2.65. The number of carbonyl (C=O) groups excluding carboxylic acids is 1. The lowest BCUT2D eigenvalue weighted by Gasteiger charge is -2.10. The van der Waals surface area contributed by atoms with Gasteiger partial charge in [0.25, 0.3) is 5.91 Å². The van der Waals surface area contributed by atoms with Crippen molar-refractivity contribution in [3.63, 3.8) is 0 Å². The monoisotopic (exact) mass is 349 g/mol. The highest BCUT2D eigenvalue weighted by Crippen LogP contribution is 2.26. The number of fused-ring (bicyclic) bond motifs is 1. The molecule has 0 aliphatic heterocycles. The maximum atomic E-state index is 12.6. The number of amides is 1. The smallest absolute Gasteiger partial charge is 0.255 e. The van der Waals surface area contributed by atoms with Crippen LogP contribution in [0.15, 0.2) is 59.7 Å².